The fourth-order valence-corrected chi connectivity index (χ4v) is 2.25. The van der Waals surface area contributed by atoms with Gasteiger partial charge >= 0.3 is 0 Å². The average molecular weight is 288 g/mol. The fourth-order valence-electron chi connectivity index (χ4n) is 2.25. The number of carbonyl (C=O) groups is 1. The molecule has 7 heteroatoms. The van der Waals surface area contributed by atoms with Gasteiger partial charge in [0, 0.05) is 31.3 Å². The molecule has 0 spiro atoms. The summed E-state index contributed by atoms with van der Waals surface area (Å²) < 4.78 is 0. The van der Waals surface area contributed by atoms with E-state index >= 15 is 0 Å². The molecule has 0 aliphatic heterocycles. The number of amides is 1. The number of carbonyl (C=O) groups excluding carboxylic acids is 1. The Balaban J connectivity index is 2.39. The highest BCUT2D eigenvalue weighted by Gasteiger charge is 2.33. The maximum absolute atomic E-state index is 11.6. The first-order valence-electron chi connectivity index (χ1n) is 6.72. The summed E-state index contributed by atoms with van der Waals surface area (Å²) in [5.74, 6) is -0.361. The quantitative estimate of drug-likeness (QED) is 0.636. The Morgan fingerprint density at radius 1 is 1.57 bits per heavy atom. The van der Waals surface area contributed by atoms with Crippen molar-refractivity contribution >= 4 is 17.3 Å². The third kappa shape index (κ3) is 3.28. The molecule has 0 heterocycles. The van der Waals surface area contributed by atoms with Crippen molar-refractivity contribution < 1.29 is 9.72 Å². The number of benzene rings is 1. The van der Waals surface area contributed by atoms with Crippen LogP contribution in [0, 0.1) is 21.4 Å². The lowest BCUT2D eigenvalue weighted by Crippen LogP contribution is -2.27. The van der Waals surface area contributed by atoms with Crippen molar-refractivity contribution in [3.05, 3.63) is 33.9 Å². The van der Waals surface area contributed by atoms with Crippen molar-refractivity contribution in [2.45, 2.75) is 25.3 Å². The van der Waals surface area contributed by atoms with E-state index in [1.807, 2.05) is 4.90 Å². The number of nitriles is 1. The second-order valence-electron chi connectivity index (χ2n) is 4.87. The molecule has 110 valence electrons. The van der Waals surface area contributed by atoms with Crippen molar-refractivity contribution in [2.24, 2.45) is 0 Å². The van der Waals surface area contributed by atoms with Crippen LogP contribution in [0.4, 0.5) is 11.4 Å². The first kappa shape index (κ1) is 14.8. The molecule has 0 radical (unpaired) electrons. The zero-order valence-electron chi connectivity index (χ0n) is 11.7. The monoisotopic (exact) mass is 288 g/mol. The SMILES string of the molecule is CNC(=O)c1ccc(N(CCC#N)C2CC2)c([N+](=O)[O-])c1. The summed E-state index contributed by atoms with van der Waals surface area (Å²) in [6.45, 7) is 0.460. The molecule has 0 aromatic heterocycles. The van der Waals surface area contributed by atoms with Crippen molar-refractivity contribution in [1.29, 1.82) is 5.26 Å². The third-order valence-corrected chi connectivity index (χ3v) is 3.42. The fraction of sp³-hybridized carbons (Fsp3) is 0.429. The van der Waals surface area contributed by atoms with Crippen molar-refractivity contribution in [2.75, 3.05) is 18.5 Å². The van der Waals surface area contributed by atoms with E-state index in [1.165, 1.54) is 13.1 Å². The Labute approximate surface area is 122 Å². The molecular weight excluding hydrogens is 272 g/mol. The molecule has 1 aliphatic carbocycles. The summed E-state index contributed by atoms with van der Waals surface area (Å²) in [7, 11) is 1.48. The maximum atomic E-state index is 11.6. The van der Waals surface area contributed by atoms with Gasteiger partial charge in [0.1, 0.15) is 5.69 Å². The van der Waals surface area contributed by atoms with Gasteiger partial charge in [-0.3, -0.25) is 14.9 Å². The van der Waals surface area contributed by atoms with Gasteiger partial charge in [-0.1, -0.05) is 0 Å². The number of nitro benzene ring substituents is 1. The average Bonchev–Trinajstić information content (AvgIpc) is 3.31. The number of nitro groups is 1. The number of hydrogen-bond acceptors (Lipinski definition) is 5. The molecule has 0 saturated heterocycles. The molecule has 1 amide bonds. The van der Waals surface area contributed by atoms with Crippen LogP contribution >= 0.6 is 0 Å². The summed E-state index contributed by atoms with van der Waals surface area (Å²) in [5.41, 5.74) is 0.635. The highest BCUT2D eigenvalue weighted by molar-refractivity contribution is 5.95. The lowest BCUT2D eigenvalue weighted by molar-refractivity contribution is -0.384. The van der Waals surface area contributed by atoms with Crippen LogP contribution in [-0.2, 0) is 0 Å². The molecule has 1 saturated carbocycles. The van der Waals surface area contributed by atoms with Crippen molar-refractivity contribution in [3.8, 4) is 6.07 Å². The van der Waals surface area contributed by atoms with Crippen molar-refractivity contribution in [3.63, 3.8) is 0 Å². The minimum absolute atomic E-state index is 0.0964. The van der Waals surface area contributed by atoms with Crippen LogP contribution in [0.1, 0.15) is 29.6 Å². The highest BCUT2D eigenvalue weighted by Crippen LogP contribution is 2.37. The highest BCUT2D eigenvalue weighted by atomic mass is 16.6. The third-order valence-electron chi connectivity index (χ3n) is 3.42. The molecule has 21 heavy (non-hydrogen) atoms. The van der Waals surface area contributed by atoms with Crippen LogP contribution in [0.5, 0.6) is 0 Å². The number of anilines is 1. The summed E-state index contributed by atoms with van der Waals surface area (Å²) in [4.78, 5) is 24.3. The van der Waals surface area contributed by atoms with Gasteiger partial charge in [-0.05, 0) is 25.0 Å². The summed E-state index contributed by atoms with van der Waals surface area (Å²) >= 11 is 0. The standard InChI is InChI=1S/C14H16N4O3/c1-16-14(19)10-3-6-12(13(9-10)18(20)21)17(8-2-7-15)11-4-5-11/h3,6,9,11H,2,4-5,8H2,1H3,(H,16,19). The summed E-state index contributed by atoms with van der Waals surface area (Å²) in [5, 5.41) is 22.5. The molecule has 1 aromatic carbocycles. The minimum atomic E-state index is -0.483. The van der Waals surface area contributed by atoms with Gasteiger partial charge in [0.15, 0.2) is 0 Å². The van der Waals surface area contributed by atoms with Gasteiger partial charge in [0.2, 0.25) is 0 Å². The maximum Gasteiger partial charge on any atom is 0.293 e. The summed E-state index contributed by atoms with van der Waals surface area (Å²) in [6.07, 6.45) is 2.25. The molecule has 1 aromatic rings. The number of hydrogen-bond donors (Lipinski definition) is 1. The Morgan fingerprint density at radius 2 is 2.29 bits per heavy atom. The normalized spacial score (nSPS) is 13.3. The van der Waals surface area contributed by atoms with Crippen LogP contribution in [0.15, 0.2) is 18.2 Å². The lowest BCUT2D eigenvalue weighted by atomic mass is 10.1. The lowest BCUT2D eigenvalue weighted by Gasteiger charge is -2.23. The molecule has 2 rings (SSSR count). The van der Waals surface area contributed by atoms with Gasteiger partial charge in [-0.25, -0.2) is 0 Å². The Kier molecular flexibility index (Phi) is 4.38. The zero-order chi connectivity index (χ0) is 15.4. The smallest absolute Gasteiger partial charge is 0.293 e. The summed E-state index contributed by atoms with van der Waals surface area (Å²) in [6, 6.07) is 6.77. The van der Waals surface area contributed by atoms with Gasteiger partial charge in [-0.2, -0.15) is 5.26 Å². The van der Waals surface area contributed by atoms with Gasteiger partial charge < -0.3 is 10.2 Å². The Hall–Kier alpha value is -2.62. The predicted molar refractivity (Wildman–Crippen MR) is 77.1 cm³/mol. The Morgan fingerprint density at radius 3 is 2.81 bits per heavy atom. The van der Waals surface area contributed by atoms with Gasteiger partial charge in [-0.15, -0.1) is 0 Å². The second kappa shape index (κ2) is 6.22. The molecule has 0 bridgehead atoms. The number of rotatable bonds is 6. The predicted octanol–water partition coefficient (Wildman–Crippen LogP) is 1.84. The van der Waals surface area contributed by atoms with E-state index in [9.17, 15) is 14.9 Å². The van der Waals surface area contributed by atoms with Crippen LogP contribution in [-0.4, -0.2) is 30.5 Å². The van der Waals surface area contributed by atoms with E-state index in [-0.39, 0.29) is 23.2 Å². The molecule has 7 nitrogen and oxygen atoms in total. The first-order valence-corrected chi connectivity index (χ1v) is 6.72. The zero-order valence-corrected chi connectivity index (χ0v) is 11.7. The topological polar surface area (TPSA) is 99.3 Å². The van der Waals surface area contributed by atoms with E-state index in [0.29, 0.717) is 18.7 Å². The van der Waals surface area contributed by atoms with Gasteiger partial charge in [0.25, 0.3) is 11.6 Å². The van der Waals surface area contributed by atoms with Crippen LogP contribution in [0.3, 0.4) is 0 Å². The molecule has 0 unspecified atom stereocenters. The Bertz CT molecular complexity index is 605. The van der Waals surface area contributed by atoms with Crippen LogP contribution in [0.2, 0.25) is 0 Å². The number of nitrogens with one attached hydrogen (secondary N) is 1. The van der Waals surface area contributed by atoms with E-state index in [2.05, 4.69) is 11.4 Å². The largest absolute Gasteiger partial charge is 0.362 e. The second-order valence-corrected chi connectivity index (χ2v) is 4.87. The van der Waals surface area contributed by atoms with E-state index in [4.69, 9.17) is 5.26 Å². The first-order chi connectivity index (χ1) is 10.1. The molecular formula is C14H16N4O3. The van der Waals surface area contributed by atoms with E-state index in [0.717, 1.165) is 12.8 Å². The van der Waals surface area contributed by atoms with Crippen LogP contribution in [0.25, 0.3) is 0 Å². The molecule has 1 N–H and O–H groups in total. The van der Waals surface area contributed by atoms with Crippen molar-refractivity contribution in [1.82, 2.24) is 5.32 Å². The minimum Gasteiger partial charge on any atom is -0.362 e. The van der Waals surface area contributed by atoms with Gasteiger partial charge in [0.05, 0.1) is 17.4 Å². The molecule has 0 atom stereocenters. The van der Waals surface area contributed by atoms with E-state index in [1.54, 1.807) is 12.1 Å². The van der Waals surface area contributed by atoms with E-state index < -0.39 is 4.92 Å². The molecule has 1 aliphatic rings. The van der Waals surface area contributed by atoms with Crippen LogP contribution < -0.4 is 10.2 Å². The number of nitrogens with zero attached hydrogens (tertiary/aromatic N) is 3. The molecule has 1 fully saturated rings.